The summed E-state index contributed by atoms with van der Waals surface area (Å²) in [5, 5.41) is 8.86. The molecule has 0 saturated heterocycles. The lowest BCUT2D eigenvalue weighted by molar-refractivity contribution is 0.0697. The summed E-state index contributed by atoms with van der Waals surface area (Å²) in [5.41, 5.74) is 1.66. The molecule has 124 valence electrons. The molecule has 1 aromatic carbocycles. The van der Waals surface area contributed by atoms with Crippen LogP contribution in [0, 0.1) is 5.92 Å². The van der Waals surface area contributed by atoms with E-state index >= 15 is 0 Å². The van der Waals surface area contributed by atoms with Gasteiger partial charge in [-0.3, -0.25) is 0 Å². The number of carboxylic acids is 1. The minimum atomic E-state index is -0.850. The molecule has 0 radical (unpaired) electrons. The van der Waals surface area contributed by atoms with E-state index in [1.54, 1.807) is 12.1 Å². The van der Waals surface area contributed by atoms with Crippen molar-refractivity contribution in [3.63, 3.8) is 0 Å². The van der Waals surface area contributed by atoms with Crippen molar-refractivity contribution in [2.75, 3.05) is 0 Å². The average Bonchev–Trinajstić information content (AvgIpc) is 2.50. The molecule has 2 heteroatoms. The van der Waals surface area contributed by atoms with Gasteiger partial charge in [0.1, 0.15) is 0 Å². The van der Waals surface area contributed by atoms with Crippen molar-refractivity contribution in [1.82, 2.24) is 0 Å². The second-order valence-corrected chi connectivity index (χ2v) is 6.59. The maximum absolute atomic E-state index is 10.8. The molecule has 0 spiro atoms. The number of benzene rings is 1. The van der Waals surface area contributed by atoms with Gasteiger partial charge in [0.05, 0.1) is 5.56 Å². The first kappa shape index (κ1) is 18.7. The summed E-state index contributed by atoms with van der Waals surface area (Å²) in [6.45, 7) is 6.71. The standard InChI is InChI=1S/C15H22O2.C5H10/c1-3-5-7-12(6-4-2)13-8-10-14(11-9-13)15(16)17;1-5-3-2-4-5/h8-12H,3-7H2,1-2H3,(H,16,17);5H,2-4H2,1H3. The zero-order valence-corrected chi connectivity index (χ0v) is 14.5. The highest BCUT2D eigenvalue weighted by Gasteiger charge is 2.11. The lowest BCUT2D eigenvalue weighted by Gasteiger charge is -2.18. The van der Waals surface area contributed by atoms with Gasteiger partial charge >= 0.3 is 5.97 Å². The molecule has 0 amide bonds. The fourth-order valence-corrected chi connectivity index (χ4v) is 2.79. The molecule has 1 aromatic rings. The highest BCUT2D eigenvalue weighted by atomic mass is 16.4. The van der Waals surface area contributed by atoms with E-state index < -0.39 is 5.97 Å². The fraction of sp³-hybridized carbons (Fsp3) is 0.650. The van der Waals surface area contributed by atoms with Crippen LogP contribution in [0.25, 0.3) is 0 Å². The molecule has 0 aromatic heterocycles. The topological polar surface area (TPSA) is 37.3 Å². The maximum atomic E-state index is 10.8. The van der Waals surface area contributed by atoms with Crippen molar-refractivity contribution in [1.29, 1.82) is 0 Å². The zero-order valence-electron chi connectivity index (χ0n) is 14.5. The Morgan fingerprint density at radius 3 is 2.09 bits per heavy atom. The maximum Gasteiger partial charge on any atom is 0.335 e. The van der Waals surface area contributed by atoms with Gasteiger partial charge < -0.3 is 5.11 Å². The molecule has 1 N–H and O–H groups in total. The van der Waals surface area contributed by atoms with E-state index in [1.807, 2.05) is 12.1 Å². The number of carbonyl (C=O) groups is 1. The highest BCUT2D eigenvalue weighted by molar-refractivity contribution is 5.87. The van der Waals surface area contributed by atoms with Gasteiger partial charge in [0, 0.05) is 0 Å². The second-order valence-electron chi connectivity index (χ2n) is 6.59. The van der Waals surface area contributed by atoms with Crippen LogP contribution in [0.3, 0.4) is 0 Å². The molecule has 0 heterocycles. The number of carboxylic acid groups (broad SMARTS) is 1. The van der Waals surface area contributed by atoms with Crippen molar-refractivity contribution < 1.29 is 9.90 Å². The van der Waals surface area contributed by atoms with E-state index in [2.05, 4.69) is 20.8 Å². The number of hydrogen-bond donors (Lipinski definition) is 1. The first-order valence-electron chi connectivity index (χ1n) is 8.91. The Morgan fingerprint density at radius 1 is 1.14 bits per heavy atom. The lowest BCUT2D eigenvalue weighted by Crippen LogP contribution is -2.04. The molecule has 2 nitrogen and oxygen atoms in total. The van der Waals surface area contributed by atoms with E-state index in [4.69, 9.17) is 5.11 Å². The smallest absolute Gasteiger partial charge is 0.335 e. The summed E-state index contributed by atoms with van der Waals surface area (Å²) in [6, 6.07) is 7.37. The third kappa shape index (κ3) is 6.64. The Hall–Kier alpha value is -1.31. The Morgan fingerprint density at radius 2 is 1.73 bits per heavy atom. The van der Waals surface area contributed by atoms with E-state index in [0.29, 0.717) is 11.5 Å². The Kier molecular flexibility index (Phi) is 8.88. The normalized spacial score (nSPS) is 15.4. The van der Waals surface area contributed by atoms with E-state index in [9.17, 15) is 4.79 Å². The van der Waals surface area contributed by atoms with Gasteiger partial charge in [0.25, 0.3) is 0 Å². The summed E-state index contributed by atoms with van der Waals surface area (Å²) >= 11 is 0. The van der Waals surface area contributed by atoms with Crippen molar-refractivity contribution in [2.45, 2.75) is 78.1 Å². The van der Waals surface area contributed by atoms with Gasteiger partial charge in [0.15, 0.2) is 0 Å². The highest BCUT2D eigenvalue weighted by Crippen LogP contribution is 2.27. The van der Waals surface area contributed by atoms with Crippen LogP contribution in [0.2, 0.25) is 0 Å². The zero-order chi connectivity index (χ0) is 16.4. The molecule has 22 heavy (non-hydrogen) atoms. The van der Waals surface area contributed by atoms with E-state index in [1.165, 1.54) is 56.9 Å². The van der Waals surface area contributed by atoms with Crippen LogP contribution in [0.15, 0.2) is 24.3 Å². The molecule has 0 bridgehead atoms. The van der Waals surface area contributed by atoms with Crippen LogP contribution in [-0.2, 0) is 0 Å². The molecular formula is C20H32O2. The number of unbranched alkanes of at least 4 members (excludes halogenated alkanes) is 1. The first-order valence-corrected chi connectivity index (χ1v) is 8.91. The number of aromatic carboxylic acids is 1. The quantitative estimate of drug-likeness (QED) is 0.645. The van der Waals surface area contributed by atoms with Crippen LogP contribution in [-0.4, -0.2) is 11.1 Å². The van der Waals surface area contributed by atoms with Crippen molar-refractivity contribution in [3.05, 3.63) is 35.4 Å². The Bertz CT molecular complexity index is 418. The summed E-state index contributed by atoms with van der Waals surface area (Å²) < 4.78 is 0. The predicted molar refractivity (Wildman–Crippen MR) is 93.6 cm³/mol. The van der Waals surface area contributed by atoms with Crippen LogP contribution in [0.4, 0.5) is 0 Å². The number of rotatable bonds is 7. The average molecular weight is 304 g/mol. The van der Waals surface area contributed by atoms with Crippen molar-refractivity contribution in [2.24, 2.45) is 5.92 Å². The molecule has 2 rings (SSSR count). The summed E-state index contributed by atoms with van der Waals surface area (Å²) in [6.07, 6.45) is 10.5. The van der Waals surface area contributed by atoms with Crippen LogP contribution >= 0.6 is 0 Å². The molecule has 1 aliphatic carbocycles. The minimum absolute atomic E-state index is 0.375. The van der Waals surface area contributed by atoms with Gasteiger partial charge in [0.2, 0.25) is 0 Å². The third-order valence-corrected chi connectivity index (χ3v) is 4.57. The van der Waals surface area contributed by atoms with Gasteiger partial charge in [-0.05, 0) is 42.4 Å². The summed E-state index contributed by atoms with van der Waals surface area (Å²) in [7, 11) is 0. The molecule has 0 aliphatic heterocycles. The fourth-order valence-electron chi connectivity index (χ4n) is 2.79. The van der Waals surface area contributed by atoms with E-state index in [0.717, 1.165) is 5.92 Å². The van der Waals surface area contributed by atoms with Gasteiger partial charge in [-0.2, -0.15) is 0 Å². The van der Waals surface area contributed by atoms with Gasteiger partial charge in [-0.1, -0.05) is 71.4 Å². The second kappa shape index (κ2) is 10.4. The SMILES string of the molecule is CC1CCC1.CCCCC(CCC)c1ccc(C(=O)O)cc1. The Balaban J connectivity index is 0.000000406. The molecule has 1 unspecified atom stereocenters. The monoisotopic (exact) mass is 304 g/mol. The summed E-state index contributed by atoms with van der Waals surface area (Å²) in [5.74, 6) is 0.801. The van der Waals surface area contributed by atoms with Crippen molar-refractivity contribution in [3.8, 4) is 0 Å². The molecular weight excluding hydrogens is 272 g/mol. The molecule has 1 aliphatic rings. The lowest BCUT2D eigenvalue weighted by atomic mass is 9.88. The van der Waals surface area contributed by atoms with Crippen LogP contribution < -0.4 is 0 Å². The molecule has 1 saturated carbocycles. The van der Waals surface area contributed by atoms with Crippen molar-refractivity contribution >= 4 is 5.97 Å². The molecule has 1 fully saturated rings. The van der Waals surface area contributed by atoms with Gasteiger partial charge in [-0.25, -0.2) is 4.79 Å². The third-order valence-electron chi connectivity index (χ3n) is 4.57. The summed E-state index contributed by atoms with van der Waals surface area (Å²) in [4.78, 5) is 10.8. The predicted octanol–water partition coefficient (Wildman–Crippen LogP) is 6.27. The van der Waals surface area contributed by atoms with E-state index in [-0.39, 0.29) is 0 Å². The van der Waals surface area contributed by atoms with Crippen LogP contribution in [0.1, 0.15) is 94.0 Å². The Labute approximate surface area is 135 Å². The minimum Gasteiger partial charge on any atom is -0.478 e. The number of hydrogen-bond acceptors (Lipinski definition) is 1. The molecule has 1 atom stereocenters. The van der Waals surface area contributed by atoms with Crippen LogP contribution in [0.5, 0.6) is 0 Å². The first-order chi connectivity index (χ1) is 10.6. The van der Waals surface area contributed by atoms with Gasteiger partial charge in [-0.15, -0.1) is 0 Å². The largest absolute Gasteiger partial charge is 0.478 e.